The van der Waals surface area contributed by atoms with E-state index < -0.39 is 11.9 Å². The number of nitrogens with zero attached hydrogens (tertiary/aromatic N) is 3. The number of pyridine rings is 1. The molecular weight excluding hydrogens is 504 g/mol. The van der Waals surface area contributed by atoms with Gasteiger partial charge in [-0.25, -0.2) is 4.98 Å². The van der Waals surface area contributed by atoms with Crippen molar-refractivity contribution in [3.63, 3.8) is 0 Å². The quantitative estimate of drug-likeness (QED) is 0.440. The minimum atomic E-state index is -0.861. The number of carbonyl (C=O) groups is 2. The third-order valence-corrected chi connectivity index (χ3v) is 6.75. The normalized spacial score (nSPS) is 14.7. The summed E-state index contributed by atoms with van der Waals surface area (Å²) in [7, 11) is 2.03. The number of amides is 2. The lowest BCUT2D eigenvalue weighted by Gasteiger charge is -2.34. The van der Waals surface area contributed by atoms with Gasteiger partial charge in [-0.2, -0.15) is 0 Å². The SMILES string of the molecule is Cc1ccc(COCC(NC(=O)c2cccnc2Oc2ccc(Cl)cc2)C(=O)N2CCN(C)CC2)c(C)c1. The molecule has 3 aromatic rings. The third-order valence-electron chi connectivity index (χ3n) is 6.50. The zero-order valence-electron chi connectivity index (χ0n) is 21.9. The number of ether oxygens (including phenoxy) is 2. The highest BCUT2D eigenvalue weighted by molar-refractivity contribution is 6.30. The molecule has 2 aromatic carbocycles. The molecule has 1 aromatic heterocycles. The number of hydrogen-bond donors (Lipinski definition) is 1. The van der Waals surface area contributed by atoms with E-state index in [1.165, 1.54) is 5.56 Å². The highest BCUT2D eigenvalue weighted by Gasteiger charge is 2.29. The second-order valence-electron chi connectivity index (χ2n) is 9.51. The summed E-state index contributed by atoms with van der Waals surface area (Å²) >= 11 is 5.97. The van der Waals surface area contributed by atoms with E-state index in [0.29, 0.717) is 30.5 Å². The van der Waals surface area contributed by atoms with Crippen molar-refractivity contribution in [2.75, 3.05) is 39.8 Å². The molecule has 1 unspecified atom stereocenters. The first-order valence-electron chi connectivity index (χ1n) is 12.6. The van der Waals surface area contributed by atoms with Gasteiger partial charge < -0.3 is 24.6 Å². The van der Waals surface area contributed by atoms with Crippen LogP contribution in [0.2, 0.25) is 5.02 Å². The number of halogens is 1. The summed E-state index contributed by atoms with van der Waals surface area (Å²) in [6, 6.07) is 15.3. The molecule has 2 heterocycles. The van der Waals surface area contributed by atoms with Gasteiger partial charge in [-0.15, -0.1) is 0 Å². The maximum atomic E-state index is 13.5. The van der Waals surface area contributed by atoms with E-state index in [9.17, 15) is 9.59 Å². The Hall–Kier alpha value is -3.46. The standard InChI is InChI=1S/C29H33ClN4O4/c1-20-6-7-22(21(2)17-20)18-37-19-26(29(36)34-15-13-33(3)14-16-34)32-27(35)25-5-4-12-31-28(25)38-24-10-8-23(30)9-11-24/h4-12,17,26H,13-16,18-19H2,1-3H3,(H,32,35). The molecule has 1 saturated heterocycles. The zero-order valence-corrected chi connectivity index (χ0v) is 22.7. The monoisotopic (exact) mass is 536 g/mol. The fraction of sp³-hybridized carbons (Fsp3) is 0.345. The Bertz CT molecular complexity index is 1260. The smallest absolute Gasteiger partial charge is 0.257 e. The summed E-state index contributed by atoms with van der Waals surface area (Å²) in [5.74, 6) is -0.0147. The first-order valence-corrected chi connectivity index (χ1v) is 13.0. The number of benzene rings is 2. The molecule has 8 nitrogen and oxygen atoms in total. The molecule has 4 rings (SSSR count). The van der Waals surface area contributed by atoms with Gasteiger partial charge in [0.05, 0.1) is 13.2 Å². The zero-order chi connectivity index (χ0) is 27.1. The van der Waals surface area contributed by atoms with E-state index in [-0.39, 0.29) is 24.0 Å². The predicted octanol–water partition coefficient (Wildman–Crippen LogP) is 4.23. The van der Waals surface area contributed by atoms with Crippen LogP contribution in [0.5, 0.6) is 11.6 Å². The molecular formula is C29H33ClN4O4. The van der Waals surface area contributed by atoms with Gasteiger partial charge in [0, 0.05) is 37.4 Å². The Morgan fingerprint density at radius 2 is 1.79 bits per heavy atom. The van der Waals surface area contributed by atoms with Gasteiger partial charge in [0.25, 0.3) is 5.91 Å². The number of likely N-dealkylation sites (N-methyl/N-ethyl adjacent to an activating group) is 1. The van der Waals surface area contributed by atoms with Gasteiger partial charge in [0.15, 0.2) is 0 Å². The second-order valence-corrected chi connectivity index (χ2v) is 9.95. The van der Waals surface area contributed by atoms with E-state index >= 15 is 0 Å². The van der Waals surface area contributed by atoms with Crippen molar-refractivity contribution in [2.45, 2.75) is 26.5 Å². The van der Waals surface area contributed by atoms with Gasteiger partial charge in [-0.1, -0.05) is 35.4 Å². The summed E-state index contributed by atoms with van der Waals surface area (Å²) in [4.78, 5) is 35.1. The number of nitrogens with one attached hydrogen (secondary N) is 1. The van der Waals surface area contributed by atoms with Gasteiger partial charge >= 0.3 is 0 Å². The summed E-state index contributed by atoms with van der Waals surface area (Å²) in [6.45, 7) is 7.19. The minimum Gasteiger partial charge on any atom is -0.438 e. The molecule has 1 fully saturated rings. The average molecular weight is 537 g/mol. The number of rotatable bonds is 9. The Kier molecular flexibility index (Phi) is 9.33. The van der Waals surface area contributed by atoms with Gasteiger partial charge in [-0.05, 0) is 68.4 Å². The van der Waals surface area contributed by atoms with Crippen LogP contribution in [0.1, 0.15) is 27.0 Å². The van der Waals surface area contributed by atoms with Crippen molar-refractivity contribution in [2.24, 2.45) is 0 Å². The Morgan fingerprint density at radius 1 is 1.05 bits per heavy atom. The Labute approximate surface area is 228 Å². The van der Waals surface area contributed by atoms with Crippen molar-refractivity contribution in [1.29, 1.82) is 0 Å². The average Bonchev–Trinajstić information content (AvgIpc) is 2.91. The van der Waals surface area contributed by atoms with Crippen molar-refractivity contribution in [3.05, 3.63) is 88.1 Å². The molecule has 200 valence electrons. The van der Waals surface area contributed by atoms with Crippen molar-refractivity contribution < 1.29 is 19.1 Å². The van der Waals surface area contributed by atoms with Crippen LogP contribution >= 0.6 is 11.6 Å². The summed E-state index contributed by atoms with van der Waals surface area (Å²) in [6.07, 6.45) is 1.54. The van der Waals surface area contributed by atoms with Crippen LogP contribution in [-0.2, 0) is 16.1 Å². The van der Waals surface area contributed by atoms with Crippen molar-refractivity contribution in [3.8, 4) is 11.6 Å². The van der Waals surface area contributed by atoms with Crippen LogP contribution in [0.4, 0.5) is 0 Å². The van der Waals surface area contributed by atoms with Crippen molar-refractivity contribution in [1.82, 2.24) is 20.1 Å². The number of piperazine rings is 1. The molecule has 1 atom stereocenters. The van der Waals surface area contributed by atoms with Crippen molar-refractivity contribution >= 4 is 23.4 Å². The predicted molar refractivity (Wildman–Crippen MR) is 147 cm³/mol. The number of carbonyl (C=O) groups excluding carboxylic acids is 2. The highest BCUT2D eigenvalue weighted by atomic mass is 35.5. The minimum absolute atomic E-state index is 0.0395. The first kappa shape index (κ1) is 27.6. The topological polar surface area (TPSA) is 84.0 Å². The van der Waals surface area contributed by atoms with E-state index in [0.717, 1.165) is 24.2 Å². The van der Waals surface area contributed by atoms with E-state index in [4.69, 9.17) is 21.1 Å². The van der Waals surface area contributed by atoms with E-state index in [1.807, 2.05) is 33.0 Å². The van der Waals surface area contributed by atoms with Gasteiger partial charge in [-0.3, -0.25) is 9.59 Å². The molecule has 1 N–H and O–H groups in total. The lowest BCUT2D eigenvalue weighted by atomic mass is 10.1. The van der Waals surface area contributed by atoms with Crippen LogP contribution in [0.3, 0.4) is 0 Å². The van der Waals surface area contributed by atoms with Gasteiger partial charge in [0.2, 0.25) is 11.8 Å². The summed E-state index contributed by atoms with van der Waals surface area (Å²) in [5.41, 5.74) is 3.55. The fourth-order valence-electron chi connectivity index (χ4n) is 4.21. The molecule has 1 aliphatic rings. The van der Waals surface area contributed by atoms with Crippen LogP contribution in [0.15, 0.2) is 60.8 Å². The Morgan fingerprint density at radius 3 is 2.50 bits per heavy atom. The molecule has 38 heavy (non-hydrogen) atoms. The number of aromatic nitrogens is 1. The Balaban J connectivity index is 1.49. The highest BCUT2D eigenvalue weighted by Crippen LogP contribution is 2.24. The maximum absolute atomic E-state index is 13.5. The molecule has 0 aliphatic carbocycles. The lowest BCUT2D eigenvalue weighted by Crippen LogP contribution is -2.55. The molecule has 1 aliphatic heterocycles. The number of aryl methyl sites for hydroxylation is 2. The number of hydrogen-bond acceptors (Lipinski definition) is 6. The molecule has 9 heteroatoms. The summed E-state index contributed by atoms with van der Waals surface area (Å²) < 4.78 is 11.8. The molecule has 0 radical (unpaired) electrons. The van der Waals surface area contributed by atoms with Crippen LogP contribution in [0.25, 0.3) is 0 Å². The first-order chi connectivity index (χ1) is 18.3. The van der Waals surface area contributed by atoms with Gasteiger partial charge in [0.1, 0.15) is 17.4 Å². The maximum Gasteiger partial charge on any atom is 0.257 e. The second kappa shape index (κ2) is 12.9. The molecule has 2 amide bonds. The third kappa shape index (κ3) is 7.31. The lowest BCUT2D eigenvalue weighted by molar-refractivity contribution is -0.136. The fourth-order valence-corrected chi connectivity index (χ4v) is 4.34. The van der Waals surface area contributed by atoms with Crippen LogP contribution < -0.4 is 10.1 Å². The molecule has 0 spiro atoms. The largest absolute Gasteiger partial charge is 0.438 e. The molecule has 0 bridgehead atoms. The van der Waals surface area contributed by atoms with E-state index in [2.05, 4.69) is 21.3 Å². The van der Waals surface area contributed by atoms with Crippen LogP contribution in [0, 0.1) is 13.8 Å². The molecule has 0 saturated carbocycles. The summed E-state index contributed by atoms with van der Waals surface area (Å²) in [5, 5.41) is 3.45. The van der Waals surface area contributed by atoms with Crippen LogP contribution in [-0.4, -0.2) is 72.5 Å². The van der Waals surface area contributed by atoms with E-state index in [1.54, 1.807) is 47.5 Å².